The third-order valence-electron chi connectivity index (χ3n) is 6.56. The van der Waals surface area contributed by atoms with Crippen LogP contribution in [0.5, 0.6) is 5.75 Å². The summed E-state index contributed by atoms with van der Waals surface area (Å²) < 4.78 is 47.6. The SMILES string of the molecule is CCCCCCCCCCCCSc1nc(-c2ccc(OCCC(C)C)c(C)c2)cc(C(F)(F)F)c1C#N. The van der Waals surface area contributed by atoms with E-state index in [0.29, 0.717) is 23.8 Å². The largest absolute Gasteiger partial charge is 0.493 e. The lowest BCUT2D eigenvalue weighted by atomic mass is 10.0. The Morgan fingerprint density at radius 3 is 2.16 bits per heavy atom. The van der Waals surface area contributed by atoms with Crippen LogP contribution in [-0.4, -0.2) is 17.3 Å². The molecular formula is C31H43F3N2OS. The number of pyridine rings is 1. The average Bonchev–Trinajstić information content (AvgIpc) is 2.87. The smallest absolute Gasteiger partial charge is 0.417 e. The third kappa shape index (κ3) is 10.9. The first-order chi connectivity index (χ1) is 18.2. The van der Waals surface area contributed by atoms with E-state index in [1.807, 2.05) is 6.92 Å². The van der Waals surface area contributed by atoms with Crippen molar-refractivity contribution in [3.8, 4) is 23.1 Å². The van der Waals surface area contributed by atoms with Gasteiger partial charge in [-0.2, -0.15) is 18.4 Å². The summed E-state index contributed by atoms with van der Waals surface area (Å²) >= 11 is 1.25. The average molecular weight is 549 g/mol. The Kier molecular flexibility index (Phi) is 14.1. The Labute approximate surface area is 231 Å². The van der Waals surface area contributed by atoms with Crippen LogP contribution in [0.15, 0.2) is 29.3 Å². The van der Waals surface area contributed by atoms with Gasteiger partial charge in [-0.05, 0) is 61.3 Å². The van der Waals surface area contributed by atoms with Gasteiger partial charge < -0.3 is 4.74 Å². The molecular weight excluding hydrogens is 505 g/mol. The molecule has 0 aliphatic rings. The Bertz CT molecular complexity index is 1030. The fourth-order valence-corrected chi connectivity index (χ4v) is 5.24. The molecule has 210 valence electrons. The van der Waals surface area contributed by atoms with Crippen molar-refractivity contribution in [1.29, 1.82) is 5.26 Å². The molecule has 0 aliphatic heterocycles. The molecule has 0 N–H and O–H groups in total. The summed E-state index contributed by atoms with van der Waals surface area (Å²) in [6.45, 7) is 8.94. The minimum atomic E-state index is -4.63. The van der Waals surface area contributed by atoms with E-state index in [-0.39, 0.29) is 16.3 Å². The Balaban J connectivity index is 2.07. The summed E-state index contributed by atoms with van der Waals surface area (Å²) in [6, 6.07) is 8.09. The zero-order valence-corrected chi connectivity index (χ0v) is 24.2. The topological polar surface area (TPSA) is 45.9 Å². The van der Waals surface area contributed by atoms with Gasteiger partial charge in [0.25, 0.3) is 0 Å². The number of hydrogen-bond acceptors (Lipinski definition) is 4. The predicted molar refractivity (Wildman–Crippen MR) is 152 cm³/mol. The first-order valence-corrected chi connectivity index (χ1v) is 15.0. The van der Waals surface area contributed by atoms with Crippen molar-refractivity contribution in [2.45, 2.75) is 110 Å². The van der Waals surface area contributed by atoms with Gasteiger partial charge in [0.2, 0.25) is 0 Å². The fraction of sp³-hybridized carbons (Fsp3) is 0.613. The number of nitriles is 1. The number of aryl methyl sites for hydroxylation is 1. The maximum absolute atomic E-state index is 13.9. The predicted octanol–water partition coefficient (Wildman–Crippen LogP) is 10.4. The first-order valence-electron chi connectivity index (χ1n) is 14.1. The molecule has 2 rings (SSSR count). The van der Waals surface area contributed by atoms with Gasteiger partial charge >= 0.3 is 6.18 Å². The quantitative estimate of drug-likeness (QED) is 0.146. The molecule has 0 aliphatic carbocycles. The number of thioether (sulfide) groups is 1. The Hall–Kier alpha value is -2.20. The molecule has 3 nitrogen and oxygen atoms in total. The standard InChI is InChI=1S/C31H43F3N2OS/c1-5-6-7-8-9-10-11-12-13-14-19-38-30-26(22-35)27(31(32,33)34)21-28(36-30)25-15-16-29(24(4)20-25)37-18-17-23(2)3/h15-16,20-21,23H,5-14,17-19H2,1-4H3. The first kappa shape index (κ1) is 32.0. The minimum Gasteiger partial charge on any atom is -0.493 e. The van der Waals surface area contributed by atoms with Crippen molar-refractivity contribution < 1.29 is 17.9 Å². The van der Waals surface area contributed by atoms with Crippen molar-refractivity contribution in [1.82, 2.24) is 4.98 Å². The summed E-state index contributed by atoms with van der Waals surface area (Å²) in [6.07, 6.45) is 8.25. The van der Waals surface area contributed by atoms with Gasteiger partial charge in [-0.1, -0.05) is 78.6 Å². The van der Waals surface area contributed by atoms with Crippen molar-refractivity contribution in [3.05, 3.63) is 41.0 Å². The molecule has 0 spiro atoms. The van der Waals surface area contributed by atoms with E-state index in [4.69, 9.17) is 4.74 Å². The number of aromatic nitrogens is 1. The Morgan fingerprint density at radius 2 is 1.61 bits per heavy atom. The van der Waals surface area contributed by atoms with Gasteiger partial charge in [-0.15, -0.1) is 11.8 Å². The second kappa shape index (κ2) is 16.7. The van der Waals surface area contributed by atoms with E-state index >= 15 is 0 Å². The summed E-state index contributed by atoms with van der Waals surface area (Å²) in [5.41, 5.74) is 0.327. The maximum atomic E-state index is 13.9. The number of benzene rings is 1. The van der Waals surface area contributed by atoms with Crippen LogP contribution >= 0.6 is 11.8 Å². The van der Waals surface area contributed by atoms with E-state index in [1.54, 1.807) is 24.3 Å². The van der Waals surface area contributed by atoms with E-state index in [9.17, 15) is 18.4 Å². The van der Waals surface area contributed by atoms with Gasteiger partial charge in [0.05, 0.1) is 23.4 Å². The molecule has 0 amide bonds. The van der Waals surface area contributed by atoms with Crippen LogP contribution < -0.4 is 4.74 Å². The molecule has 1 aromatic heterocycles. The van der Waals surface area contributed by atoms with Crippen molar-refractivity contribution in [2.24, 2.45) is 5.92 Å². The molecule has 0 saturated heterocycles. The van der Waals surface area contributed by atoms with Gasteiger partial charge in [-0.25, -0.2) is 4.98 Å². The van der Waals surface area contributed by atoms with Crippen LogP contribution in [0.4, 0.5) is 13.2 Å². The lowest BCUT2D eigenvalue weighted by molar-refractivity contribution is -0.138. The highest BCUT2D eigenvalue weighted by molar-refractivity contribution is 7.99. The van der Waals surface area contributed by atoms with Gasteiger partial charge in [0.15, 0.2) is 0 Å². The number of nitrogens with zero attached hydrogens (tertiary/aromatic N) is 2. The molecule has 2 aromatic rings. The zero-order chi connectivity index (χ0) is 28.0. The number of ether oxygens (including phenoxy) is 1. The fourth-order valence-electron chi connectivity index (χ4n) is 4.24. The van der Waals surface area contributed by atoms with Gasteiger partial charge in [0, 0.05) is 5.56 Å². The number of rotatable bonds is 17. The molecule has 7 heteroatoms. The van der Waals surface area contributed by atoms with Crippen LogP contribution in [-0.2, 0) is 6.18 Å². The van der Waals surface area contributed by atoms with Crippen molar-refractivity contribution in [2.75, 3.05) is 12.4 Å². The molecule has 0 unspecified atom stereocenters. The molecule has 1 heterocycles. The highest BCUT2D eigenvalue weighted by atomic mass is 32.2. The highest BCUT2D eigenvalue weighted by Crippen LogP contribution is 2.38. The van der Waals surface area contributed by atoms with Gasteiger partial charge in [-0.3, -0.25) is 0 Å². The molecule has 0 saturated carbocycles. The van der Waals surface area contributed by atoms with Crippen molar-refractivity contribution in [3.63, 3.8) is 0 Å². The molecule has 0 atom stereocenters. The van der Waals surface area contributed by atoms with Crippen molar-refractivity contribution >= 4 is 11.8 Å². The normalized spacial score (nSPS) is 11.7. The molecule has 0 radical (unpaired) electrons. The third-order valence-corrected chi connectivity index (χ3v) is 7.63. The second-order valence-corrected chi connectivity index (χ2v) is 11.5. The van der Waals surface area contributed by atoms with Crippen LogP contribution in [0.25, 0.3) is 11.3 Å². The lowest BCUT2D eigenvalue weighted by Crippen LogP contribution is -2.10. The summed E-state index contributed by atoms with van der Waals surface area (Å²) in [5.74, 6) is 1.88. The van der Waals surface area contributed by atoms with Crippen LogP contribution in [0, 0.1) is 24.2 Å². The van der Waals surface area contributed by atoms with E-state index in [1.165, 1.54) is 56.7 Å². The van der Waals surface area contributed by atoms with Crippen LogP contribution in [0.1, 0.15) is 108 Å². The maximum Gasteiger partial charge on any atom is 0.417 e. The highest BCUT2D eigenvalue weighted by Gasteiger charge is 2.36. The summed E-state index contributed by atoms with van der Waals surface area (Å²) in [4.78, 5) is 4.53. The number of unbranched alkanes of at least 4 members (excludes halogenated alkanes) is 9. The molecule has 38 heavy (non-hydrogen) atoms. The van der Waals surface area contributed by atoms with Crippen LogP contribution in [0.3, 0.4) is 0 Å². The monoisotopic (exact) mass is 548 g/mol. The minimum absolute atomic E-state index is 0.156. The zero-order valence-electron chi connectivity index (χ0n) is 23.4. The van der Waals surface area contributed by atoms with Crippen LogP contribution in [0.2, 0.25) is 0 Å². The number of hydrogen-bond donors (Lipinski definition) is 0. The summed E-state index contributed by atoms with van der Waals surface area (Å²) in [5, 5.41) is 9.74. The van der Waals surface area contributed by atoms with Gasteiger partial charge in [0.1, 0.15) is 16.8 Å². The molecule has 1 aromatic carbocycles. The van der Waals surface area contributed by atoms with E-state index in [0.717, 1.165) is 43.1 Å². The second-order valence-electron chi connectivity index (χ2n) is 10.4. The Morgan fingerprint density at radius 1 is 0.974 bits per heavy atom. The molecule has 0 bridgehead atoms. The number of alkyl halides is 3. The van der Waals surface area contributed by atoms with E-state index < -0.39 is 11.7 Å². The number of halogens is 3. The van der Waals surface area contributed by atoms with E-state index in [2.05, 4.69) is 25.8 Å². The summed E-state index contributed by atoms with van der Waals surface area (Å²) in [7, 11) is 0. The lowest BCUT2D eigenvalue weighted by Gasteiger charge is -2.15. The molecule has 0 fully saturated rings.